The molecule has 0 bridgehead atoms. The number of carboxylic acids is 2. The standard InChI is InChI=1S/C11H10ClFN2O5/c12-5-1-2-7(6(13)3-5)14-11(20)15-8(10(18)19)4-9(16)17/h1-3,8H,4H2,(H,16,17)(H,18,19)(H2,14,15,20)/t8-/m1/s1. The van der Waals surface area contributed by atoms with Crippen molar-refractivity contribution in [1.82, 2.24) is 5.32 Å². The molecule has 1 atom stereocenters. The molecule has 7 nitrogen and oxygen atoms in total. The number of urea groups is 1. The maximum Gasteiger partial charge on any atom is 0.326 e. The highest BCUT2D eigenvalue weighted by atomic mass is 35.5. The molecule has 20 heavy (non-hydrogen) atoms. The Labute approximate surface area is 117 Å². The smallest absolute Gasteiger partial charge is 0.326 e. The van der Waals surface area contributed by atoms with Crippen molar-refractivity contribution in [2.24, 2.45) is 0 Å². The number of carbonyl (C=O) groups is 3. The van der Waals surface area contributed by atoms with Crippen molar-refractivity contribution in [2.45, 2.75) is 12.5 Å². The highest BCUT2D eigenvalue weighted by molar-refractivity contribution is 6.30. The minimum Gasteiger partial charge on any atom is -0.481 e. The van der Waals surface area contributed by atoms with E-state index in [9.17, 15) is 18.8 Å². The summed E-state index contributed by atoms with van der Waals surface area (Å²) in [6.07, 6.45) is -0.800. The molecule has 0 unspecified atom stereocenters. The van der Waals surface area contributed by atoms with Crippen LogP contribution in [0.4, 0.5) is 14.9 Å². The fraction of sp³-hybridized carbons (Fsp3) is 0.182. The van der Waals surface area contributed by atoms with Crippen molar-refractivity contribution in [3.8, 4) is 0 Å². The Hall–Kier alpha value is -2.35. The van der Waals surface area contributed by atoms with Gasteiger partial charge in [-0.2, -0.15) is 0 Å². The molecule has 0 saturated carbocycles. The van der Waals surface area contributed by atoms with E-state index in [1.807, 2.05) is 5.32 Å². The molecular formula is C11H10ClFN2O5. The summed E-state index contributed by atoms with van der Waals surface area (Å²) < 4.78 is 13.4. The molecule has 0 aromatic heterocycles. The monoisotopic (exact) mass is 304 g/mol. The van der Waals surface area contributed by atoms with Crippen LogP contribution in [0.15, 0.2) is 18.2 Å². The maximum absolute atomic E-state index is 13.4. The maximum atomic E-state index is 13.4. The Bertz CT molecular complexity index is 552. The molecular weight excluding hydrogens is 295 g/mol. The van der Waals surface area contributed by atoms with Crippen LogP contribution in [0.2, 0.25) is 5.02 Å². The summed E-state index contributed by atoms with van der Waals surface area (Å²) in [6.45, 7) is 0. The number of aliphatic carboxylic acids is 2. The molecule has 0 aliphatic heterocycles. The average Bonchev–Trinajstić information content (AvgIpc) is 2.31. The van der Waals surface area contributed by atoms with E-state index in [-0.39, 0.29) is 10.7 Å². The molecule has 108 valence electrons. The van der Waals surface area contributed by atoms with Gasteiger partial charge in [-0.15, -0.1) is 0 Å². The molecule has 0 radical (unpaired) electrons. The van der Waals surface area contributed by atoms with Gasteiger partial charge in [0.25, 0.3) is 0 Å². The van der Waals surface area contributed by atoms with Crippen molar-refractivity contribution in [3.63, 3.8) is 0 Å². The largest absolute Gasteiger partial charge is 0.481 e. The third kappa shape index (κ3) is 4.73. The lowest BCUT2D eigenvalue weighted by Gasteiger charge is -2.13. The highest BCUT2D eigenvalue weighted by Crippen LogP contribution is 2.18. The van der Waals surface area contributed by atoms with Gasteiger partial charge in [-0.05, 0) is 18.2 Å². The van der Waals surface area contributed by atoms with Crippen LogP contribution in [-0.2, 0) is 9.59 Å². The summed E-state index contributed by atoms with van der Waals surface area (Å²) >= 11 is 5.53. The van der Waals surface area contributed by atoms with E-state index in [0.29, 0.717) is 0 Å². The van der Waals surface area contributed by atoms with Crippen molar-refractivity contribution < 1.29 is 29.0 Å². The summed E-state index contributed by atoms with van der Waals surface area (Å²) in [5.41, 5.74) is -0.216. The van der Waals surface area contributed by atoms with Gasteiger partial charge in [0, 0.05) is 5.02 Å². The van der Waals surface area contributed by atoms with Crippen LogP contribution < -0.4 is 10.6 Å². The van der Waals surface area contributed by atoms with Gasteiger partial charge in [0.05, 0.1) is 12.1 Å². The first-order valence-electron chi connectivity index (χ1n) is 5.26. The summed E-state index contributed by atoms with van der Waals surface area (Å²) in [5, 5.41) is 21.3. The predicted octanol–water partition coefficient (Wildman–Crippen LogP) is 1.53. The van der Waals surface area contributed by atoms with Gasteiger partial charge < -0.3 is 20.8 Å². The average molecular weight is 305 g/mol. The van der Waals surface area contributed by atoms with E-state index < -0.39 is 36.2 Å². The third-order valence-corrected chi connectivity index (χ3v) is 2.40. The summed E-state index contributed by atoms with van der Waals surface area (Å²) in [6, 6.07) is 0.808. The molecule has 1 rings (SSSR count). The van der Waals surface area contributed by atoms with Gasteiger partial charge in [0.1, 0.15) is 11.9 Å². The number of benzene rings is 1. The van der Waals surface area contributed by atoms with Crippen LogP contribution >= 0.6 is 11.6 Å². The Balaban J connectivity index is 2.70. The second-order valence-electron chi connectivity index (χ2n) is 3.71. The van der Waals surface area contributed by atoms with E-state index in [0.717, 1.165) is 6.07 Å². The molecule has 2 amide bonds. The number of halogens is 2. The van der Waals surface area contributed by atoms with E-state index in [4.69, 9.17) is 21.8 Å². The third-order valence-electron chi connectivity index (χ3n) is 2.16. The van der Waals surface area contributed by atoms with Crippen LogP contribution in [0.5, 0.6) is 0 Å². The van der Waals surface area contributed by atoms with Crippen molar-refractivity contribution in [3.05, 3.63) is 29.0 Å². The number of carboxylic acid groups (broad SMARTS) is 2. The number of rotatable bonds is 5. The lowest BCUT2D eigenvalue weighted by molar-refractivity contribution is -0.145. The zero-order chi connectivity index (χ0) is 15.3. The van der Waals surface area contributed by atoms with E-state index >= 15 is 0 Å². The zero-order valence-corrected chi connectivity index (χ0v) is 10.6. The molecule has 0 heterocycles. The molecule has 0 aliphatic rings. The summed E-state index contributed by atoms with van der Waals surface area (Å²) in [7, 11) is 0. The first-order chi connectivity index (χ1) is 9.29. The van der Waals surface area contributed by atoms with Gasteiger partial charge in [0.2, 0.25) is 0 Å². The molecule has 1 aromatic rings. The minimum atomic E-state index is -1.62. The van der Waals surface area contributed by atoms with Gasteiger partial charge in [-0.3, -0.25) is 4.79 Å². The van der Waals surface area contributed by atoms with Gasteiger partial charge in [-0.1, -0.05) is 11.6 Å². The van der Waals surface area contributed by atoms with E-state index in [1.54, 1.807) is 0 Å². The van der Waals surface area contributed by atoms with E-state index in [1.165, 1.54) is 12.1 Å². The van der Waals surface area contributed by atoms with Gasteiger partial charge >= 0.3 is 18.0 Å². The molecule has 4 N–H and O–H groups in total. The molecule has 0 fully saturated rings. The number of anilines is 1. The molecule has 0 saturated heterocycles. The van der Waals surface area contributed by atoms with Crippen LogP contribution in [-0.4, -0.2) is 34.2 Å². The van der Waals surface area contributed by atoms with E-state index in [2.05, 4.69) is 5.32 Å². The Kier molecular flexibility index (Phi) is 5.27. The van der Waals surface area contributed by atoms with Crippen LogP contribution in [0.25, 0.3) is 0 Å². The minimum absolute atomic E-state index is 0.128. The molecule has 0 spiro atoms. The fourth-order valence-corrected chi connectivity index (χ4v) is 1.44. The number of nitrogens with one attached hydrogen (secondary N) is 2. The quantitative estimate of drug-likeness (QED) is 0.658. The number of hydrogen-bond donors (Lipinski definition) is 4. The predicted molar refractivity (Wildman–Crippen MR) is 67.2 cm³/mol. The molecule has 1 aromatic carbocycles. The van der Waals surface area contributed by atoms with Crippen LogP contribution in [0.3, 0.4) is 0 Å². The SMILES string of the molecule is O=C(O)C[C@@H](NC(=O)Nc1ccc(Cl)cc1F)C(=O)O. The van der Waals surface area contributed by atoms with Gasteiger partial charge in [0.15, 0.2) is 0 Å². The lowest BCUT2D eigenvalue weighted by Crippen LogP contribution is -2.44. The van der Waals surface area contributed by atoms with Gasteiger partial charge in [-0.25, -0.2) is 14.0 Å². The Morgan fingerprint density at radius 1 is 1.30 bits per heavy atom. The Morgan fingerprint density at radius 2 is 1.95 bits per heavy atom. The molecule has 0 aliphatic carbocycles. The lowest BCUT2D eigenvalue weighted by atomic mass is 10.2. The highest BCUT2D eigenvalue weighted by Gasteiger charge is 2.23. The topological polar surface area (TPSA) is 116 Å². The first-order valence-corrected chi connectivity index (χ1v) is 5.64. The van der Waals surface area contributed by atoms with Crippen molar-refractivity contribution in [2.75, 3.05) is 5.32 Å². The normalized spacial score (nSPS) is 11.5. The summed E-state index contributed by atoms with van der Waals surface area (Å²) in [5.74, 6) is -3.72. The second kappa shape index (κ2) is 6.71. The van der Waals surface area contributed by atoms with Crippen molar-refractivity contribution >= 4 is 35.3 Å². The van der Waals surface area contributed by atoms with Crippen LogP contribution in [0, 0.1) is 5.82 Å². The summed E-state index contributed by atoms with van der Waals surface area (Å²) in [4.78, 5) is 32.6. The molecule has 9 heteroatoms. The fourth-order valence-electron chi connectivity index (χ4n) is 1.28. The number of carbonyl (C=O) groups excluding carboxylic acids is 1. The van der Waals surface area contributed by atoms with Crippen molar-refractivity contribution in [1.29, 1.82) is 0 Å². The first kappa shape index (κ1) is 15.7. The zero-order valence-electron chi connectivity index (χ0n) is 9.89. The second-order valence-corrected chi connectivity index (χ2v) is 4.15. The number of amides is 2. The number of hydrogen-bond acceptors (Lipinski definition) is 3. The Morgan fingerprint density at radius 3 is 2.45 bits per heavy atom. The van der Waals surface area contributed by atoms with Crippen LogP contribution in [0.1, 0.15) is 6.42 Å².